The molecule has 45 heavy (non-hydrogen) atoms. The van der Waals surface area contributed by atoms with E-state index in [1.807, 2.05) is 32.0 Å². The van der Waals surface area contributed by atoms with Gasteiger partial charge in [0.25, 0.3) is 0 Å². The lowest BCUT2D eigenvalue weighted by Gasteiger charge is -2.49. The average Bonchev–Trinajstić information content (AvgIpc) is 3.30. The maximum Gasteiger partial charge on any atom is 0.418 e. The molecule has 6 atom stereocenters. The normalized spacial score (nSPS) is 20.5. The van der Waals surface area contributed by atoms with Crippen molar-refractivity contribution in [3.8, 4) is 6.07 Å². The molecule has 1 saturated heterocycles. The zero-order valence-electron chi connectivity index (χ0n) is 26.0. The van der Waals surface area contributed by atoms with Crippen molar-refractivity contribution in [2.45, 2.75) is 64.9 Å². The van der Waals surface area contributed by atoms with Crippen LogP contribution in [0.15, 0.2) is 47.7 Å². The van der Waals surface area contributed by atoms with Crippen molar-refractivity contribution in [3.63, 3.8) is 0 Å². The number of carbonyl (C=O) groups excluding carboxylic acids is 3. The minimum absolute atomic E-state index is 0.0869. The van der Waals surface area contributed by atoms with Gasteiger partial charge in [0.15, 0.2) is 24.3 Å². The van der Waals surface area contributed by atoms with Crippen LogP contribution in [-0.2, 0) is 23.1 Å². The first-order chi connectivity index (χ1) is 21.6. The Morgan fingerprint density at radius 1 is 1.07 bits per heavy atom. The fourth-order valence-electron chi connectivity index (χ4n) is 6.58. The molecule has 2 amide bonds. The summed E-state index contributed by atoms with van der Waals surface area (Å²) in [6.07, 6.45) is -1.07. The highest BCUT2D eigenvalue weighted by Crippen LogP contribution is 2.49. The van der Waals surface area contributed by atoms with Gasteiger partial charge < -0.3 is 28.4 Å². The van der Waals surface area contributed by atoms with Gasteiger partial charge in [-0.1, -0.05) is 52.0 Å². The van der Waals surface area contributed by atoms with E-state index in [2.05, 4.69) is 36.8 Å². The smallest absolute Gasteiger partial charge is 0.418 e. The molecular formula is C29H37B2N5O6P2Si. The first-order valence-corrected chi connectivity index (χ1v) is 19.2. The first-order valence-electron chi connectivity index (χ1n) is 14.9. The van der Waals surface area contributed by atoms with Crippen molar-refractivity contribution in [2.24, 2.45) is 11.8 Å². The molecule has 2 aromatic carbocycles. The second-order valence-corrected chi connectivity index (χ2v) is 17.2. The van der Waals surface area contributed by atoms with Crippen LogP contribution >= 0.6 is 17.9 Å². The Bertz CT molecular complexity index is 1520. The molecule has 16 heteroatoms. The number of benzene rings is 2. The molecule has 4 rings (SSSR count). The third-order valence-corrected chi connectivity index (χ3v) is 14.7. The molecule has 4 radical (unpaired) electrons. The number of nitrogens with one attached hydrogen (secondary N) is 2. The van der Waals surface area contributed by atoms with E-state index in [4.69, 9.17) is 29.4 Å². The number of amides is 2. The predicted molar refractivity (Wildman–Crippen MR) is 181 cm³/mol. The van der Waals surface area contributed by atoms with E-state index in [0.717, 1.165) is 18.1 Å². The first kappa shape index (κ1) is 35.1. The molecule has 0 saturated carbocycles. The largest absolute Gasteiger partial charge is 0.428 e. The van der Waals surface area contributed by atoms with E-state index in [9.17, 15) is 19.6 Å². The van der Waals surface area contributed by atoms with Crippen LogP contribution < -0.4 is 14.9 Å². The third kappa shape index (κ3) is 6.71. The highest BCUT2D eigenvalue weighted by Gasteiger charge is 2.61. The Balaban J connectivity index is 1.78. The highest BCUT2D eigenvalue weighted by molar-refractivity contribution is 7.32. The SMILES string of the molecule is [B]NPOC(=O)C1=C(CN(C(=O)OPN[B])c2ccc(C#N)c3ccccc23)[C@H](C)[C@@H]2[C@@H]([C@@H](C)O[Si](CC)(CC)CC)C(=O)N12. The van der Waals surface area contributed by atoms with E-state index in [0.29, 0.717) is 27.6 Å². The van der Waals surface area contributed by atoms with Gasteiger partial charge in [0, 0.05) is 16.7 Å². The number of carbonyl (C=O) groups is 3. The molecule has 2 aliphatic rings. The van der Waals surface area contributed by atoms with Crippen LogP contribution in [0.5, 0.6) is 0 Å². The summed E-state index contributed by atoms with van der Waals surface area (Å²) in [5.41, 5.74) is 1.53. The number of nitrogens with zero attached hydrogens (tertiary/aromatic N) is 3. The van der Waals surface area contributed by atoms with Crippen LogP contribution in [0.3, 0.4) is 0 Å². The van der Waals surface area contributed by atoms with E-state index < -0.39 is 44.2 Å². The van der Waals surface area contributed by atoms with Crippen LogP contribution in [0, 0.1) is 23.2 Å². The van der Waals surface area contributed by atoms with Crippen molar-refractivity contribution < 1.29 is 27.9 Å². The molecule has 2 heterocycles. The molecule has 0 aliphatic carbocycles. The van der Waals surface area contributed by atoms with Gasteiger partial charge >= 0.3 is 12.1 Å². The van der Waals surface area contributed by atoms with Crippen LogP contribution in [0.4, 0.5) is 10.5 Å². The molecule has 0 bridgehead atoms. The molecule has 234 valence electrons. The average molecular weight is 663 g/mol. The molecule has 0 aromatic heterocycles. The van der Waals surface area contributed by atoms with Crippen molar-refractivity contribution in [1.29, 1.82) is 5.26 Å². The van der Waals surface area contributed by atoms with Crippen molar-refractivity contribution in [1.82, 2.24) is 14.9 Å². The quantitative estimate of drug-likeness (QED) is 0.168. The van der Waals surface area contributed by atoms with Gasteiger partial charge in [-0.25, -0.2) is 9.59 Å². The summed E-state index contributed by atoms with van der Waals surface area (Å²) in [5.74, 6) is -1.74. The second-order valence-electron chi connectivity index (χ2n) is 11.1. The number of fused-ring (bicyclic) bond motifs is 2. The Kier molecular flexibility index (Phi) is 11.9. The van der Waals surface area contributed by atoms with Crippen LogP contribution in [0.2, 0.25) is 18.1 Å². The Hall–Kier alpha value is -2.77. The van der Waals surface area contributed by atoms with Crippen LogP contribution in [-0.4, -0.2) is 65.8 Å². The summed E-state index contributed by atoms with van der Waals surface area (Å²) in [6.45, 7) is 10.2. The fourth-order valence-corrected chi connectivity index (χ4v) is 10.0. The number of hydrogen-bond acceptors (Lipinski definition) is 9. The summed E-state index contributed by atoms with van der Waals surface area (Å²) >= 11 is 0. The van der Waals surface area contributed by atoms with Crippen LogP contribution in [0.25, 0.3) is 10.8 Å². The zero-order valence-corrected chi connectivity index (χ0v) is 29.0. The van der Waals surface area contributed by atoms with Gasteiger partial charge in [-0.15, -0.1) is 0 Å². The number of rotatable bonds is 14. The van der Waals surface area contributed by atoms with Crippen molar-refractivity contribution >= 4 is 76.6 Å². The highest BCUT2D eigenvalue weighted by atomic mass is 31.1. The molecule has 1 fully saturated rings. The molecule has 11 nitrogen and oxygen atoms in total. The number of anilines is 1. The van der Waals surface area contributed by atoms with E-state index in [1.165, 1.54) is 9.80 Å². The third-order valence-electron chi connectivity index (χ3n) is 9.12. The maximum atomic E-state index is 13.8. The standard InChI is InChI=1S/C29H37B2N5O6P2Si/c1-6-45(7-2,8-3)42-18(5)24-25-17(4)22(26(36(25)27(24)37)28(38)40-43-33-30)16-35(29(39)41-44-34-31)23-14-13-19(15-32)20-11-9-10-12-21(20)23/h9-14,17-18,24-25,33-34,43-44H,6-8,16H2,1-5H3/t17-,18+,24+,25+/m0/s1. The van der Waals surface area contributed by atoms with Gasteiger partial charge in [-0.2, -0.15) is 5.26 Å². The second kappa shape index (κ2) is 15.2. The zero-order chi connectivity index (χ0) is 32.9. The maximum absolute atomic E-state index is 13.8. The molecule has 2 aromatic rings. The van der Waals surface area contributed by atoms with Gasteiger partial charge in [0.05, 0.1) is 41.9 Å². The number of hydrogen-bond donors (Lipinski definition) is 2. The lowest BCUT2D eigenvalue weighted by atomic mass is 9.77. The summed E-state index contributed by atoms with van der Waals surface area (Å²) < 4.78 is 17.5. The summed E-state index contributed by atoms with van der Waals surface area (Å²) in [4.78, 5) is 48.5. The Morgan fingerprint density at radius 3 is 2.29 bits per heavy atom. The van der Waals surface area contributed by atoms with Crippen molar-refractivity contribution in [3.05, 3.63) is 53.2 Å². The van der Waals surface area contributed by atoms with E-state index in [1.54, 1.807) is 18.2 Å². The Labute approximate surface area is 271 Å². The molecule has 0 spiro atoms. The van der Waals surface area contributed by atoms with E-state index in [-0.39, 0.29) is 36.2 Å². The monoisotopic (exact) mass is 663 g/mol. The van der Waals surface area contributed by atoms with Gasteiger partial charge in [-0.3, -0.25) is 9.69 Å². The summed E-state index contributed by atoms with van der Waals surface area (Å²) in [7, 11) is 7.69. The fraction of sp³-hybridized carbons (Fsp3) is 0.448. The lowest BCUT2D eigenvalue weighted by Crippen LogP contribution is -2.65. The Morgan fingerprint density at radius 2 is 1.69 bits per heavy atom. The van der Waals surface area contributed by atoms with Crippen LogP contribution in [0.1, 0.15) is 40.2 Å². The topological polar surface area (TPSA) is 133 Å². The van der Waals surface area contributed by atoms with E-state index >= 15 is 0 Å². The molecule has 2 unspecified atom stereocenters. The number of nitriles is 1. The minimum Gasteiger partial charge on any atom is -0.428 e. The molecule has 2 N–H and O–H groups in total. The van der Waals surface area contributed by atoms with Crippen molar-refractivity contribution in [2.75, 3.05) is 11.4 Å². The summed E-state index contributed by atoms with van der Waals surface area (Å²) in [5, 5.41) is 11.0. The van der Waals surface area contributed by atoms with Gasteiger partial charge in [0.1, 0.15) is 23.6 Å². The summed E-state index contributed by atoms with van der Waals surface area (Å²) in [6, 6.07) is 15.2. The lowest BCUT2D eigenvalue weighted by molar-refractivity contribution is -0.161. The number of β-lactam (4-membered cyclic amide) rings is 1. The predicted octanol–water partition coefficient (Wildman–Crippen LogP) is 4.70. The minimum atomic E-state index is -2.03. The molecule has 2 aliphatic heterocycles. The van der Waals surface area contributed by atoms with Gasteiger partial charge in [0.2, 0.25) is 5.91 Å². The molecular weight excluding hydrogens is 626 g/mol. The van der Waals surface area contributed by atoms with Gasteiger partial charge in [-0.05, 0) is 42.8 Å².